The Hall–Kier alpha value is -0.120. The average molecular weight is 158 g/mol. The van der Waals surface area contributed by atoms with Gasteiger partial charge in [0.25, 0.3) is 0 Å². The van der Waals surface area contributed by atoms with Crippen molar-refractivity contribution in [3.63, 3.8) is 0 Å². The van der Waals surface area contributed by atoms with Crippen LogP contribution in [0.1, 0.15) is 12.8 Å². The highest BCUT2D eigenvalue weighted by molar-refractivity contribution is 4.72. The molecule has 3 nitrogen and oxygen atoms in total. The van der Waals surface area contributed by atoms with E-state index in [9.17, 15) is 0 Å². The molecule has 1 aliphatic rings. The van der Waals surface area contributed by atoms with Crippen molar-refractivity contribution in [3.05, 3.63) is 0 Å². The minimum absolute atomic E-state index is 0.114. The highest BCUT2D eigenvalue weighted by Gasteiger charge is 2.18. The van der Waals surface area contributed by atoms with Crippen LogP contribution in [0.3, 0.4) is 0 Å². The summed E-state index contributed by atoms with van der Waals surface area (Å²) >= 11 is 0. The summed E-state index contributed by atoms with van der Waals surface area (Å²) in [5.74, 6) is 0.846. The summed E-state index contributed by atoms with van der Waals surface area (Å²) in [6.45, 7) is 3.54. The second kappa shape index (κ2) is 4.70. The first-order valence-corrected chi connectivity index (χ1v) is 4.33. The van der Waals surface area contributed by atoms with Crippen molar-refractivity contribution in [2.45, 2.75) is 12.8 Å². The molecule has 0 aromatic heterocycles. The van der Waals surface area contributed by atoms with Gasteiger partial charge in [0.1, 0.15) is 0 Å². The van der Waals surface area contributed by atoms with Crippen LogP contribution in [-0.2, 0) is 0 Å². The fraction of sp³-hybridized carbons (Fsp3) is 1.00. The van der Waals surface area contributed by atoms with Crippen molar-refractivity contribution in [2.75, 3.05) is 33.4 Å². The Morgan fingerprint density at radius 3 is 3.00 bits per heavy atom. The molecule has 11 heavy (non-hydrogen) atoms. The van der Waals surface area contributed by atoms with Crippen LogP contribution in [0, 0.1) is 5.92 Å². The molecule has 0 bridgehead atoms. The van der Waals surface area contributed by atoms with Crippen molar-refractivity contribution >= 4 is 0 Å². The summed E-state index contributed by atoms with van der Waals surface area (Å²) in [7, 11) is 2.17. The second-order valence-electron chi connectivity index (χ2n) is 3.36. The van der Waals surface area contributed by atoms with Gasteiger partial charge in [0.2, 0.25) is 0 Å². The molecular weight excluding hydrogens is 140 g/mol. The Morgan fingerprint density at radius 1 is 1.64 bits per heavy atom. The van der Waals surface area contributed by atoms with Crippen LogP contribution in [0.5, 0.6) is 0 Å². The van der Waals surface area contributed by atoms with E-state index in [0.717, 1.165) is 12.5 Å². The number of nitrogens with one attached hydrogen (secondary N) is 1. The minimum atomic E-state index is 0.114. The van der Waals surface area contributed by atoms with Crippen LogP contribution in [0.2, 0.25) is 0 Å². The van der Waals surface area contributed by atoms with E-state index >= 15 is 0 Å². The van der Waals surface area contributed by atoms with Crippen LogP contribution < -0.4 is 5.32 Å². The van der Waals surface area contributed by atoms with Gasteiger partial charge in [0, 0.05) is 6.54 Å². The summed E-state index contributed by atoms with van der Waals surface area (Å²) < 4.78 is 0. The summed E-state index contributed by atoms with van der Waals surface area (Å²) in [6, 6.07) is 0. The predicted octanol–water partition coefficient (Wildman–Crippen LogP) is -0.132. The lowest BCUT2D eigenvalue weighted by atomic mass is 10.1. The highest BCUT2D eigenvalue weighted by Crippen LogP contribution is 2.16. The maximum absolute atomic E-state index is 8.47. The quantitative estimate of drug-likeness (QED) is 0.442. The summed E-state index contributed by atoms with van der Waals surface area (Å²) in [6.07, 6.45) is 2.52. The summed E-state index contributed by atoms with van der Waals surface area (Å²) in [5.41, 5.74) is 0. The van der Waals surface area contributed by atoms with Gasteiger partial charge in [0.15, 0.2) is 0 Å². The zero-order valence-electron chi connectivity index (χ0n) is 7.21. The van der Waals surface area contributed by atoms with E-state index in [1.54, 1.807) is 0 Å². The molecule has 1 aliphatic heterocycles. The molecule has 0 spiro atoms. The van der Waals surface area contributed by atoms with E-state index in [1.807, 2.05) is 0 Å². The molecule has 66 valence electrons. The average Bonchev–Trinajstić information content (AvgIpc) is 2.37. The lowest BCUT2D eigenvalue weighted by molar-refractivity contribution is 0.255. The maximum atomic E-state index is 8.47. The Labute approximate surface area is 68.4 Å². The molecule has 3 heteroatoms. The molecule has 0 aliphatic carbocycles. The van der Waals surface area contributed by atoms with Crippen molar-refractivity contribution in [2.24, 2.45) is 5.92 Å². The van der Waals surface area contributed by atoms with Gasteiger partial charge < -0.3 is 10.0 Å². The predicted molar refractivity (Wildman–Crippen MR) is 45.3 cm³/mol. The highest BCUT2D eigenvalue weighted by atomic mass is 16.3. The monoisotopic (exact) mass is 158 g/mol. The molecule has 0 radical (unpaired) electrons. The fourth-order valence-corrected chi connectivity index (χ4v) is 1.65. The molecule has 1 fully saturated rings. The summed E-state index contributed by atoms with van der Waals surface area (Å²) in [4.78, 5) is 2.36. The maximum Gasteiger partial charge on any atom is 0.0931 e. The van der Waals surface area contributed by atoms with Gasteiger partial charge in [-0.3, -0.25) is 5.32 Å². The van der Waals surface area contributed by atoms with Gasteiger partial charge >= 0.3 is 0 Å². The number of nitrogens with zero attached hydrogens (tertiary/aromatic N) is 1. The third-order valence-electron chi connectivity index (χ3n) is 2.33. The van der Waals surface area contributed by atoms with Gasteiger partial charge in [0.05, 0.1) is 6.73 Å². The number of hydrogen-bond acceptors (Lipinski definition) is 3. The first kappa shape index (κ1) is 8.97. The van der Waals surface area contributed by atoms with Gasteiger partial charge in [-0.05, 0) is 38.9 Å². The van der Waals surface area contributed by atoms with Crippen LogP contribution >= 0.6 is 0 Å². The molecule has 2 N–H and O–H groups in total. The van der Waals surface area contributed by atoms with Crippen LogP contribution in [0.4, 0.5) is 0 Å². The minimum Gasteiger partial charge on any atom is -0.381 e. The molecule has 1 unspecified atom stereocenters. The topological polar surface area (TPSA) is 35.5 Å². The van der Waals surface area contributed by atoms with Gasteiger partial charge in [-0.25, -0.2) is 0 Å². The lowest BCUT2D eigenvalue weighted by Crippen LogP contribution is -2.20. The number of hydrogen-bond donors (Lipinski definition) is 2. The van der Waals surface area contributed by atoms with Gasteiger partial charge in [-0.15, -0.1) is 0 Å². The van der Waals surface area contributed by atoms with Crippen LogP contribution in [0.25, 0.3) is 0 Å². The SMILES string of the molecule is CN1CCC(CCNCO)C1. The zero-order chi connectivity index (χ0) is 8.10. The molecule has 0 saturated carbocycles. The van der Waals surface area contributed by atoms with Crippen molar-refractivity contribution in [3.8, 4) is 0 Å². The summed E-state index contributed by atoms with van der Waals surface area (Å²) in [5, 5.41) is 11.4. The Kier molecular flexibility index (Phi) is 3.83. The van der Waals surface area contributed by atoms with Gasteiger partial charge in [-0.1, -0.05) is 0 Å². The zero-order valence-corrected chi connectivity index (χ0v) is 7.21. The Bertz CT molecular complexity index is 108. The first-order valence-electron chi connectivity index (χ1n) is 4.33. The van der Waals surface area contributed by atoms with Crippen LogP contribution in [-0.4, -0.2) is 43.4 Å². The molecule has 0 aromatic rings. The normalized spacial score (nSPS) is 26.2. The van der Waals surface area contributed by atoms with E-state index in [0.29, 0.717) is 0 Å². The number of likely N-dealkylation sites (tertiary alicyclic amines) is 1. The Balaban J connectivity index is 1.99. The van der Waals surface area contributed by atoms with E-state index in [1.165, 1.54) is 25.9 Å². The molecule has 1 heterocycles. The molecule has 1 rings (SSSR count). The van der Waals surface area contributed by atoms with Crippen molar-refractivity contribution in [1.82, 2.24) is 10.2 Å². The number of rotatable bonds is 4. The molecule has 0 amide bonds. The van der Waals surface area contributed by atoms with Gasteiger partial charge in [-0.2, -0.15) is 0 Å². The van der Waals surface area contributed by atoms with E-state index < -0.39 is 0 Å². The van der Waals surface area contributed by atoms with Crippen molar-refractivity contribution in [1.29, 1.82) is 0 Å². The largest absolute Gasteiger partial charge is 0.381 e. The van der Waals surface area contributed by atoms with E-state index in [4.69, 9.17) is 5.11 Å². The molecule has 0 aromatic carbocycles. The van der Waals surface area contributed by atoms with Crippen LogP contribution in [0.15, 0.2) is 0 Å². The molecule has 1 atom stereocenters. The van der Waals surface area contributed by atoms with E-state index in [2.05, 4.69) is 17.3 Å². The fourth-order valence-electron chi connectivity index (χ4n) is 1.65. The molecule has 1 saturated heterocycles. The molecular formula is C8H18N2O. The lowest BCUT2D eigenvalue weighted by Gasteiger charge is -2.09. The third-order valence-corrected chi connectivity index (χ3v) is 2.33. The second-order valence-corrected chi connectivity index (χ2v) is 3.36. The smallest absolute Gasteiger partial charge is 0.0931 e. The number of aliphatic hydroxyl groups excluding tert-OH is 1. The van der Waals surface area contributed by atoms with E-state index in [-0.39, 0.29) is 6.73 Å². The standard InChI is InChI=1S/C8H18N2O/c1-10-5-3-8(6-10)2-4-9-7-11/h8-9,11H,2-7H2,1H3. The Morgan fingerprint density at radius 2 is 2.45 bits per heavy atom. The first-order chi connectivity index (χ1) is 5.33. The van der Waals surface area contributed by atoms with Crippen molar-refractivity contribution < 1.29 is 5.11 Å². The number of aliphatic hydroxyl groups is 1. The third kappa shape index (κ3) is 3.18.